The van der Waals surface area contributed by atoms with Gasteiger partial charge in [-0.15, -0.1) is 0 Å². The van der Waals surface area contributed by atoms with Crippen molar-refractivity contribution < 1.29 is 10.2 Å². The second-order valence-electron chi connectivity index (χ2n) is 8.15. The van der Waals surface area contributed by atoms with Gasteiger partial charge in [0.15, 0.2) is 0 Å². The van der Waals surface area contributed by atoms with Gasteiger partial charge in [0.1, 0.15) is 0 Å². The largest absolute Gasteiger partial charge is 0.392 e. The molecule has 0 amide bonds. The number of fused-ring (bicyclic) bond motifs is 2. The standard InChI is InChI=1S/C17H33NO2/c1-11(2)18(12(3)4)10-15(20)17-8-7-13(9-14(17)19)16(17,5)6/h11-15,19-20H,7-10H2,1-6H3/t13-,14?,15-,17+/m1/s1. The molecule has 0 saturated heterocycles. The van der Waals surface area contributed by atoms with E-state index < -0.39 is 6.10 Å². The van der Waals surface area contributed by atoms with Crippen LogP contribution in [0.4, 0.5) is 0 Å². The molecule has 1 unspecified atom stereocenters. The topological polar surface area (TPSA) is 43.7 Å². The van der Waals surface area contributed by atoms with Crippen LogP contribution in [0, 0.1) is 16.7 Å². The summed E-state index contributed by atoms with van der Waals surface area (Å²) in [6.07, 6.45) is 2.21. The van der Waals surface area contributed by atoms with Crippen molar-refractivity contribution >= 4 is 0 Å². The van der Waals surface area contributed by atoms with Crippen LogP contribution in [-0.4, -0.2) is 45.9 Å². The van der Waals surface area contributed by atoms with Gasteiger partial charge in [-0.25, -0.2) is 0 Å². The predicted octanol–water partition coefficient (Wildman–Crippen LogP) is 2.65. The summed E-state index contributed by atoms with van der Waals surface area (Å²) in [4.78, 5) is 2.34. The summed E-state index contributed by atoms with van der Waals surface area (Å²) in [6.45, 7) is 13.9. The van der Waals surface area contributed by atoms with Crippen LogP contribution >= 0.6 is 0 Å². The second-order valence-corrected chi connectivity index (χ2v) is 8.15. The van der Waals surface area contributed by atoms with E-state index >= 15 is 0 Å². The predicted molar refractivity (Wildman–Crippen MR) is 82.5 cm³/mol. The maximum atomic E-state index is 11.0. The fraction of sp³-hybridized carbons (Fsp3) is 1.00. The Morgan fingerprint density at radius 2 is 1.70 bits per heavy atom. The zero-order chi connectivity index (χ0) is 15.3. The third-order valence-electron chi connectivity index (χ3n) is 6.53. The molecule has 2 aliphatic carbocycles. The Kier molecular flexibility index (Phi) is 4.27. The zero-order valence-electron chi connectivity index (χ0n) is 14.1. The van der Waals surface area contributed by atoms with Gasteiger partial charge in [-0.3, -0.25) is 4.90 Å². The minimum Gasteiger partial charge on any atom is -0.392 e. The maximum absolute atomic E-state index is 11.0. The minimum atomic E-state index is -0.440. The Labute approximate surface area is 124 Å². The number of hydrogen-bond acceptors (Lipinski definition) is 3. The highest BCUT2D eigenvalue weighted by Crippen LogP contribution is 2.67. The Morgan fingerprint density at radius 3 is 2.05 bits per heavy atom. The summed E-state index contributed by atoms with van der Waals surface area (Å²) in [5.41, 5.74) is -0.259. The van der Waals surface area contributed by atoms with Crippen molar-refractivity contribution in [1.82, 2.24) is 4.90 Å². The van der Waals surface area contributed by atoms with Crippen molar-refractivity contribution in [2.75, 3.05) is 6.54 Å². The second kappa shape index (κ2) is 5.26. The summed E-state index contributed by atoms with van der Waals surface area (Å²) in [6, 6.07) is 0.833. The van der Waals surface area contributed by atoms with Crippen molar-refractivity contribution in [3.8, 4) is 0 Å². The van der Waals surface area contributed by atoms with Crippen molar-refractivity contribution in [2.45, 2.75) is 85.1 Å². The monoisotopic (exact) mass is 283 g/mol. The molecule has 118 valence electrons. The quantitative estimate of drug-likeness (QED) is 0.815. The van der Waals surface area contributed by atoms with Gasteiger partial charge < -0.3 is 10.2 Å². The lowest BCUT2D eigenvalue weighted by Crippen LogP contribution is -2.54. The van der Waals surface area contributed by atoms with Crippen molar-refractivity contribution in [3.63, 3.8) is 0 Å². The van der Waals surface area contributed by atoms with Crippen molar-refractivity contribution in [1.29, 1.82) is 0 Å². The highest BCUT2D eigenvalue weighted by atomic mass is 16.3. The smallest absolute Gasteiger partial charge is 0.0753 e. The molecule has 0 aromatic heterocycles. The van der Waals surface area contributed by atoms with Crippen LogP contribution in [0.25, 0.3) is 0 Å². The molecular weight excluding hydrogens is 250 g/mol. The molecule has 0 aromatic carbocycles. The van der Waals surface area contributed by atoms with Crippen LogP contribution in [-0.2, 0) is 0 Å². The van der Waals surface area contributed by atoms with Crippen LogP contribution in [0.5, 0.6) is 0 Å². The van der Waals surface area contributed by atoms with E-state index in [1.54, 1.807) is 0 Å². The zero-order valence-corrected chi connectivity index (χ0v) is 14.1. The van der Waals surface area contributed by atoms with Gasteiger partial charge in [0.2, 0.25) is 0 Å². The SMILES string of the molecule is CC(C)N(C[C@@H](O)[C@]12CC[C@H](CC1O)C2(C)C)C(C)C. The van der Waals surface area contributed by atoms with Crippen molar-refractivity contribution in [2.24, 2.45) is 16.7 Å². The lowest BCUT2D eigenvalue weighted by molar-refractivity contribution is -0.112. The van der Waals surface area contributed by atoms with Crippen LogP contribution in [0.2, 0.25) is 0 Å². The molecule has 0 spiro atoms. The molecule has 0 aromatic rings. The first-order chi connectivity index (χ1) is 9.14. The molecule has 2 aliphatic rings. The molecule has 2 N–H and O–H groups in total. The van der Waals surface area contributed by atoms with E-state index in [1.165, 1.54) is 0 Å². The minimum absolute atomic E-state index is 0.0471. The third kappa shape index (κ3) is 2.13. The van der Waals surface area contributed by atoms with Crippen LogP contribution in [0.15, 0.2) is 0 Å². The number of hydrogen-bond donors (Lipinski definition) is 2. The molecule has 3 nitrogen and oxygen atoms in total. The molecule has 2 fully saturated rings. The number of aliphatic hydroxyl groups excluding tert-OH is 2. The molecule has 0 heterocycles. The lowest BCUT2D eigenvalue weighted by atomic mass is 9.64. The van der Waals surface area contributed by atoms with E-state index in [2.05, 4.69) is 46.4 Å². The van der Waals surface area contributed by atoms with Gasteiger partial charge >= 0.3 is 0 Å². The van der Waals surface area contributed by atoms with Gasteiger partial charge in [0, 0.05) is 24.0 Å². The van der Waals surface area contributed by atoms with E-state index in [0.29, 0.717) is 24.5 Å². The first kappa shape index (κ1) is 16.3. The number of rotatable bonds is 5. The van der Waals surface area contributed by atoms with Gasteiger partial charge in [-0.1, -0.05) is 13.8 Å². The summed E-state index contributed by atoms with van der Waals surface area (Å²) < 4.78 is 0. The van der Waals surface area contributed by atoms with E-state index in [4.69, 9.17) is 0 Å². The van der Waals surface area contributed by atoms with Gasteiger partial charge in [0.05, 0.1) is 12.2 Å². The van der Waals surface area contributed by atoms with Crippen LogP contribution < -0.4 is 0 Å². The number of aliphatic hydroxyl groups is 2. The lowest BCUT2D eigenvalue weighted by Gasteiger charge is -2.46. The highest BCUT2D eigenvalue weighted by Gasteiger charge is 2.66. The van der Waals surface area contributed by atoms with Gasteiger partial charge in [-0.2, -0.15) is 0 Å². The average Bonchev–Trinajstić information content (AvgIpc) is 2.69. The van der Waals surface area contributed by atoms with Crippen molar-refractivity contribution in [3.05, 3.63) is 0 Å². The fourth-order valence-corrected chi connectivity index (χ4v) is 5.16. The first-order valence-corrected chi connectivity index (χ1v) is 8.26. The molecule has 2 rings (SSSR count). The third-order valence-corrected chi connectivity index (χ3v) is 6.53. The van der Waals surface area contributed by atoms with Gasteiger partial charge in [-0.05, 0) is 58.3 Å². The Hall–Kier alpha value is -0.120. The van der Waals surface area contributed by atoms with Crippen LogP contribution in [0.1, 0.15) is 60.8 Å². The van der Waals surface area contributed by atoms with E-state index in [0.717, 1.165) is 19.3 Å². The summed E-state index contributed by atoms with van der Waals surface area (Å²) in [5.74, 6) is 0.568. The highest BCUT2D eigenvalue weighted by molar-refractivity contribution is 5.15. The maximum Gasteiger partial charge on any atom is 0.0753 e. The Bertz CT molecular complexity index is 345. The van der Waals surface area contributed by atoms with E-state index in [-0.39, 0.29) is 16.9 Å². The summed E-state index contributed by atoms with van der Waals surface area (Å²) >= 11 is 0. The summed E-state index contributed by atoms with van der Waals surface area (Å²) in [5, 5.41) is 21.6. The summed E-state index contributed by atoms with van der Waals surface area (Å²) in [7, 11) is 0. The molecule has 20 heavy (non-hydrogen) atoms. The fourth-order valence-electron chi connectivity index (χ4n) is 5.16. The molecule has 3 heteroatoms. The molecule has 2 bridgehead atoms. The van der Waals surface area contributed by atoms with Crippen LogP contribution in [0.3, 0.4) is 0 Å². The van der Waals surface area contributed by atoms with E-state index in [9.17, 15) is 10.2 Å². The first-order valence-electron chi connectivity index (χ1n) is 8.26. The van der Waals surface area contributed by atoms with E-state index in [1.807, 2.05) is 0 Å². The normalized spacial score (nSPS) is 37.4. The molecule has 0 radical (unpaired) electrons. The Morgan fingerprint density at radius 1 is 1.15 bits per heavy atom. The average molecular weight is 283 g/mol. The molecule has 4 atom stereocenters. The van der Waals surface area contributed by atoms with Gasteiger partial charge in [0.25, 0.3) is 0 Å². The Balaban J connectivity index is 2.21. The molecule has 2 saturated carbocycles. The molecular formula is C17H33NO2. The number of nitrogens with zero attached hydrogens (tertiary/aromatic N) is 1. The molecule has 0 aliphatic heterocycles.